The Morgan fingerprint density at radius 2 is 2.00 bits per heavy atom. The van der Waals surface area contributed by atoms with Crippen LogP contribution in [0.3, 0.4) is 0 Å². The van der Waals surface area contributed by atoms with Crippen molar-refractivity contribution >= 4 is 15.7 Å². The van der Waals surface area contributed by atoms with Crippen LogP contribution in [0.25, 0.3) is 5.69 Å². The summed E-state index contributed by atoms with van der Waals surface area (Å²) in [5.74, 6) is -0.226. The Morgan fingerprint density at radius 3 is 2.71 bits per heavy atom. The third-order valence-electron chi connectivity index (χ3n) is 4.47. The number of benzene rings is 1. The van der Waals surface area contributed by atoms with Crippen molar-refractivity contribution in [2.24, 2.45) is 0 Å². The summed E-state index contributed by atoms with van der Waals surface area (Å²) in [4.78, 5) is 16.7. The molecule has 0 saturated heterocycles. The zero-order valence-corrected chi connectivity index (χ0v) is 14.4. The number of hydrogen-bond acceptors (Lipinski definition) is 4. The number of amides is 1. The summed E-state index contributed by atoms with van der Waals surface area (Å²) in [7, 11) is -3.07. The third kappa shape index (κ3) is 3.67. The minimum Gasteiger partial charge on any atom is -0.348 e. The van der Waals surface area contributed by atoms with Crippen LogP contribution >= 0.6 is 0 Å². The summed E-state index contributed by atoms with van der Waals surface area (Å²) < 4.78 is 25.2. The summed E-state index contributed by atoms with van der Waals surface area (Å²) in [6.07, 6.45) is 7.16. The molecule has 1 aliphatic rings. The van der Waals surface area contributed by atoms with E-state index in [2.05, 4.69) is 10.3 Å². The molecule has 1 heterocycles. The van der Waals surface area contributed by atoms with Crippen molar-refractivity contribution in [2.75, 3.05) is 6.26 Å². The maximum absolute atomic E-state index is 12.6. The third-order valence-corrected chi connectivity index (χ3v) is 6.11. The molecule has 0 radical (unpaired) electrons. The van der Waals surface area contributed by atoms with Crippen LogP contribution in [0.2, 0.25) is 0 Å². The normalized spacial score (nSPS) is 21.4. The van der Waals surface area contributed by atoms with Crippen LogP contribution in [0, 0.1) is 0 Å². The van der Waals surface area contributed by atoms with Crippen molar-refractivity contribution in [3.63, 3.8) is 0 Å². The molecule has 0 aliphatic heterocycles. The van der Waals surface area contributed by atoms with Crippen LogP contribution in [0.1, 0.15) is 36.2 Å². The minimum absolute atomic E-state index is 0.120. The summed E-state index contributed by atoms with van der Waals surface area (Å²) in [5.41, 5.74) is 1.31. The molecule has 7 heteroatoms. The van der Waals surface area contributed by atoms with Crippen LogP contribution in [0.5, 0.6) is 0 Å². The van der Waals surface area contributed by atoms with Gasteiger partial charge in [0.05, 0.1) is 17.8 Å². The van der Waals surface area contributed by atoms with Gasteiger partial charge in [0.15, 0.2) is 0 Å². The largest absolute Gasteiger partial charge is 0.348 e. The van der Waals surface area contributed by atoms with Crippen LogP contribution in [0.4, 0.5) is 0 Å². The van der Waals surface area contributed by atoms with E-state index in [0.29, 0.717) is 18.5 Å². The van der Waals surface area contributed by atoms with Gasteiger partial charge in [-0.1, -0.05) is 24.6 Å². The highest BCUT2D eigenvalue weighted by Gasteiger charge is 2.30. The highest BCUT2D eigenvalue weighted by molar-refractivity contribution is 7.91. The highest BCUT2D eigenvalue weighted by atomic mass is 32.2. The average Bonchev–Trinajstić information content (AvgIpc) is 3.05. The number of sulfone groups is 1. The number of nitrogens with one attached hydrogen (secondary N) is 1. The van der Waals surface area contributed by atoms with Crippen molar-refractivity contribution < 1.29 is 13.2 Å². The second kappa shape index (κ2) is 6.76. The molecule has 3 rings (SSSR count). The lowest BCUT2D eigenvalue weighted by atomic mass is 9.95. The van der Waals surface area contributed by atoms with Crippen LogP contribution in [-0.2, 0) is 9.84 Å². The molecule has 128 valence electrons. The quantitative estimate of drug-likeness (QED) is 0.917. The van der Waals surface area contributed by atoms with Crippen molar-refractivity contribution in [2.45, 2.75) is 37.0 Å². The van der Waals surface area contributed by atoms with E-state index >= 15 is 0 Å². The lowest BCUT2D eigenvalue weighted by Crippen LogP contribution is -2.42. The van der Waals surface area contributed by atoms with Crippen molar-refractivity contribution in [1.29, 1.82) is 0 Å². The fourth-order valence-electron chi connectivity index (χ4n) is 3.18. The molecule has 6 nitrogen and oxygen atoms in total. The van der Waals surface area contributed by atoms with Crippen LogP contribution in [0.15, 0.2) is 42.9 Å². The van der Waals surface area contributed by atoms with E-state index in [4.69, 9.17) is 0 Å². The summed E-state index contributed by atoms with van der Waals surface area (Å²) >= 11 is 0. The second-order valence-corrected chi connectivity index (χ2v) is 8.60. The van der Waals surface area contributed by atoms with Crippen molar-refractivity contribution in [3.8, 4) is 5.69 Å². The van der Waals surface area contributed by atoms with Gasteiger partial charge in [-0.3, -0.25) is 9.36 Å². The molecule has 1 fully saturated rings. The summed E-state index contributed by atoms with van der Waals surface area (Å²) in [6.45, 7) is 0. The molecule has 2 aromatic rings. The standard InChI is InChI=1S/C17H21N3O3S/c1-24(22,23)15-9-5-6-13(10-15)19-17(21)16-11-18-12-20(16)14-7-3-2-4-8-14/h2-4,7-8,11-13,15H,5-6,9-10H2,1H3,(H,19,21)/t13-,15-/m1/s1. The van der Waals surface area contributed by atoms with Gasteiger partial charge in [0.25, 0.3) is 5.91 Å². The SMILES string of the molecule is CS(=O)(=O)[C@@H]1CCC[C@@H](NC(=O)c2cncn2-c2ccccc2)C1. The van der Waals surface area contributed by atoms with E-state index in [9.17, 15) is 13.2 Å². The van der Waals surface area contributed by atoms with Gasteiger partial charge in [-0.25, -0.2) is 13.4 Å². The number of para-hydroxylation sites is 1. The molecule has 0 spiro atoms. The smallest absolute Gasteiger partial charge is 0.270 e. The Hall–Kier alpha value is -2.15. The zero-order valence-electron chi connectivity index (χ0n) is 13.6. The molecule has 0 unspecified atom stereocenters. The first-order valence-corrected chi connectivity index (χ1v) is 9.98. The number of carbonyl (C=O) groups excluding carboxylic acids is 1. The van der Waals surface area contributed by atoms with Crippen LogP contribution in [-0.4, -0.2) is 41.4 Å². The first-order valence-electron chi connectivity index (χ1n) is 8.02. The molecule has 24 heavy (non-hydrogen) atoms. The first-order chi connectivity index (χ1) is 11.4. The number of nitrogens with zero attached hydrogens (tertiary/aromatic N) is 2. The fraction of sp³-hybridized carbons (Fsp3) is 0.412. The van der Waals surface area contributed by atoms with Gasteiger partial charge in [0.2, 0.25) is 0 Å². The Labute approximate surface area is 141 Å². The molecule has 1 aromatic carbocycles. The molecule has 1 amide bonds. The number of carbonyl (C=O) groups is 1. The molecule has 1 aliphatic carbocycles. The molecular weight excluding hydrogens is 326 g/mol. The van der Waals surface area contributed by atoms with Gasteiger partial charge in [-0.15, -0.1) is 0 Å². The van der Waals surface area contributed by atoms with Gasteiger partial charge >= 0.3 is 0 Å². The van der Waals surface area contributed by atoms with Gasteiger partial charge in [0.1, 0.15) is 15.5 Å². The van der Waals surface area contributed by atoms with E-state index in [1.807, 2.05) is 30.3 Å². The maximum atomic E-state index is 12.6. The Kier molecular flexibility index (Phi) is 4.71. The van der Waals surface area contributed by atoms with E-state index in [1.165, 1.54) is 12.5 Å². The molecular formula is C17H21N3O3S. The minimum atomic E-state index is -3.07. The monoisotopic (exact) mass is 347 g/mol. The zero-order chi connectivity index (χ0) is 17.2. The average molecular weight is 347 g/mol. The van der Waals surface area contributed by atoms with Gasteiger partial charge in [-0.05, 0) is 31.4 Å². The predicted octanol–water partition coefficient (Wildman–Crippen LogP) is 1.96. The number of hydrogen-bond donors (Lipinski definition) is 1. The van der Waals surface area contributed by atoms with Crippen LogP contribution < -0.4 is 5.32 Å². The topological polar surface area (TPSA) is 81.1 Å². The van der Waals surface area contributed by atoms with Gasteiger partial charge in [-0.2, -0.15) is 0 Å². The lowest BCUT2D eigenvalue weighted by molar-refractivity contribution is 0.0921. The molecule has 0 bridgehead atoms. The maximum Gasteiger partial charge on any atom is 0.270 e. The Bertz CT molecular complexity index is 815. The van der Waals surface area contributed by atoms with E-state index in [1.54, 1.807) is 10.9 Å². The number of aromatic nitrogens is 2. The molecule has 1 saturated carbocycles. The molecule has 1 N–H and O–H groups in total. The van der Waals surface area contributed by atoms with Gasteiger partial charge in [0, 0.05) is 18.0 Å². The number of rotatable bonds is 4. The fourth-order valence-corrected chi connectivity index (χ4v) is 4.36. The predicted molar refractivity (Wildman–Crippen MR) is 91.9 cm³/mol. The Morgan fingerprint density at radius 1 is 1.25 bits per heavy atom. The summed E-state index contributed by atoms with van der Waals surface area (Å²) in [5, 5.41) is 2.60. The van der Waals surface area contributed by atoms with E-state index in [0.717, 1.165) is 18.5 Å². The number of imidazole rings is 1. The van der Waals surface area contributed by atoms with Gasteiger partial charge < -0.3 is 5.32 Å². The lowest BCUT2D eigenvalue weighted by Gasteiger charge is -2.28. The van der Waals surface area contributed by atoms with E-state index in [-0.39, 0.29) is 17.2 Å². The second-order valence-electron chi connectivity index (χ2n) is 6.27. The van der Waals surface area contributed by atoms with Crippen molar-refractivity contribution in [1.82, 2.24) is 14.9 Å². The highest BCUT2D eigenvalue weighted by Crippen LogP contribution is 2.24. The molecule has 1 aromatic heterocycles. The summed E-state index contributed by atoms with van der Waals surface area (Å²) in [6, 6.07) is 9.39. The van der Waals surface area contributed by atoms with E-state index < -0.39 is 9.84 Å². The first kappa shape index (κ1) is 16.7. The Balaban J connectivity index is 1.73. The van der Waals surface area contributed by atoms with Crippen molar-refractivity contribution in [3.05, 3.63) is 48.5 Å². The molecule has 2 atom stereocenters.